The van der Waals surface area contributed by atoms with Gasteiger partial charge < -0.3 is 10.2 Å². The maximum Gasteiger partial charge on any atom is 0.242 e. The quantitative estimate of drug-likeness (QED) is 0.675. The minimum atomic E-state index is -0.601. The Balaban J connectivity index is 2.27. The van der Waals surface area contributed by atoms with Crippen LogP contribution in [0.4, 0.5) is 4.39 Å². The van der Waals surface area contributed by atoms with Crippen LogP contribution in [-0.2, 0) is 22.6 Å². The van der Waals surface area contributed by atoms with Crippen LogP contribution in [0, 0.1) is 5.82 Å². The maximum atomic E-state index is 13.2. The van der Waals surface area contributed by atoms with Crippen LogP contribution in [0.1, 0.15) is 37.8 Å². The number of carbonyl (C=O) groups excluding carboxylic acids is 2. The maximum absolute atomic E-state index is 13.2. The normalized spacial score (nSPS) is 11.7. The second-order valence-corrected chi connectivity index (χ2v) is 7.04. The van der Waals surface area contributed by atoms with E-state index in [1.165, 1.54) is 12.1 Å². The van der Waals surface area contributed by atoms with E-state index >= 15 is 0 Å². The molecule has 0 unspecified atom stereocenters. The molecular weight excluding hydrogens is 379 g/mol. The number of amides is 2. The van der Waals surface area contributed by atoms with Gasteiger partial charge >= 0.3 is 0 Å². The zero-order chi connectivity index (χ0) is 20.5. The Labute approximate surface area is 170 Å². The largest absolute Gasteiger partial charge is 0.354 e. The summed E-state index contributed by atoms with van der Waals surface area (Å²) in [6, 6.07) is 12.5. The van der Waals surface area contributed by atoms with Crippen LogP contribution < -0.4 is 5.32 Å². The van der Waals surface area contributed by atoms with Crippen molar-refractivity contribution < 1.29 is 14.0 Å². The summed E-state index contributed by atoms with van der Waals surface area (Å²) < 4.78 is 13.2. The first kappa shape index (κ1) is 21.9. The lowest BCUT2D eigenvalue weighted by molar-refractivity contribution is -0.140. The Hall–Kier alpha value is -2.40. The molecule has 0 saturated heterocycles. The van der Waals surface area contributed by atoms with Crippen LogP contribution in [0.2, 0.25) is 5.02 Å². The van der Waals surface area contributed by atoms with Gasteiger partial charge in [0.25, 0.3) is 0 Å². The smallest absolute Gasteiger partial charge is 0.242 e. The highest BCUT2D eigenvalue weighted by atomic mass is 35.5. The van der Waals surface area contributed by atoms with E-state index in [0.29, 0.717) is 23.6 Å². The zero-order valence-corrected chi connectivity index (χ0v) is 17.0. The highest BCUT2D eigenvalue weighted by Crippen LogP contribution is 2.20. The summed E-state index contributed by atoms with van der Waals surface area (Å²) in [5.41, 5.74) is 1.47. The third-order valence-electron chi connectivity index (χ3n) is 4.50. The minimum absolute atomic E-state index is 0.0856. The molecule has 28 heavy (non-hydrogen) atoms. The van der Waals surface area contributed by atoms with Crippen molar-refractivity contribution in [2.45, 2.75) is 45.7 Å². The molecule has 6 heteroatoms. The molecule has 0 fully saturated rings. The molecule has 0 aliphatic heterocycles. The topological polar surface area (TPSA) is 49.4 Å². The van der Waals surface area contributed by atoms with Gasteiger partial charge in [0.05, 0.1) is 6.42 Å². The van der Waals surface area contributed by atoms with Crippen LogP contribution in [0.3, 0.4) is 0 Å². The van der Waals surface area contributed by atoms with Crippen LogP contribution in [-0.4, -0.2) is 29.3 Å². The van der Waals surface area contributed by atoms with Crippen molar-refractivity contribution in [2.75, 3.05) is 6.54 Å². The fourth-order valence-corrected chi connectivity index (χ4v) is 3.17. The molecule has 0 spiro atoms. The Morgan fingerprint density at radius 2 is 1.79 bits per heavy atom. The summed E-state index contributed by atoms with van der Waals surface area (Å²) in [7, 11) is 0. The molecule has 2 aromatic rings. The van der Waals surface area contributed by atoms with Crippen LogP contribution >= 0.6 is 11.6 Å². The molecule has 1 atom stereocenters. The second-order valence-electron chi connectivity index (χ2n) is 6.63. The van der Waals surface area contributed by atoms with E-state index in [-0.39, 0.29) is 30.6 Å². The van der Waals surface area contributed by atoms with E-state index in [9.17, 15) is 14.0 Å². The summed E-state index contributed by atoms with van der Waals surface area (Å²) in [6.45, 7) is 4.64. The van der Waals surface area contributed by atoms with Crippen molar-refractivity contribution in [1.29, 1.82) is 0 Å². The number of rotatable bonds is 9. The van der Waals surface area contributed by atoms with Crippen LogP contribution in [0.15, 0.2) is 48.5 Å². The van der Waals surface area contributed by atoms with E-state index in [1.54, 1.807) is 23.1 Å². The average molecular weight is 405 g/mol. The van der Waals surface area contributed by atoms with E-state index in [1.807, 2.05) is 32.0 Å². The van der Waals surface area contributed by atoms with Gasteiger partial charge in [-0.05, 0) is 42.2 Å². The molecule has 150 valence electrons. The molecule has 2 rings (SSSR count). The molecule has 2 aromatic carbocycles. The van der Waals surface area contributed by atoms with Crippen molar-refractivity contribution >= 4 is 23.4 Å². The van der Waals surface area contributed by atoms with E-state index < -0.39 is 6.04 Å². The van der Waals surface area contributed by atoms with Gasteiger partial charge in [-0.25, -0.2) is 4.39 Å². The molecule has 0 aromatic heterocycles. The molecule has 0 bridgehead atoms. The first-order chi connectivity index (χ1) is 13.5. The van der Waals surface area contributed by atoms with Crippen LogP contribution in [0.5, 0.6) is 0 Å². The van der Waals surface area contributed by atoms with Gasteiger partial charge in [0.15, 0.2) is 0 Å². The Bertz CT molecular complexity index is 795. The number of carbonyl (C=O) groups is 2. The van der Waals surface area contributed by atoms with Gasteiger partial charge in [-0.15, -0.1) is 0 Å². The number of nitrogens with zero attached hydrogens (tertiary/aromatic N) is 1. The molecular formula is C22H26ClFN2O2. The average Bonchev–Trinajstić information content (AvgIpc) is 2.69. The predicted octanol–water partition coefficient (Wildman–Crippen LogP) is 4.36. The van der Waals surface area contributed by atoms with Crippen molar-refractivity contribution in [3.63, 3.8) is 0 Å². The third-order valence-corrected chi connectivity index (χ3v) is 4.87. The molecule has 4 nitrogen and oxygen atoms in total. The lowest BCUT2D eigenvalue weighted by Crippen LogP contribution is -2.49. The van der Waals surface area contributed by atoms with E-state index in [0.717, 1.165) is 12.0 Å². The minimum Gasteiger partial charge on any atom is -0.354 e. The summed E-state index contributed by atoms with van der Waals surface area (Å²) in [4.78, 5) is 27.3. The van der Waals surface area contributed by atoms with Crippen molar-refractivity contribution in [3.05, 3.63) is 70.5 Å². The molecule has 0 heterocycles. The number of nitrogens with one attached hydrogen (secondary N) is 1. The van der Waals surface area contributed by atoms with Crippen LogP contribution in [0.25, 0.3) is 0 Å². The lowest BCUT2D eigenvalue weighted by Gasteiger charge is -2.31. The molecule has 0 saturated carbocycles. The van der Waals surface area contributed by atoms with Crippen molar-refractivity contribution in [3.8, 4) is 0 Å². The highest BCUT2D eigenvalue weighted by molar-refractivity contribution is 6.31. The number of halogens is 2. The van der Waals surface area contributed by atoms with Gasteiger partial charge in [0.2, 0.25) is 11.8 Å². The van der Waals surface area contributed by atoms with E-state index in [2.05, 4.69) is 5.32 Å². The fourth-order valence-electron chi connectivity index (χ4n) is 2.97. The first-order valence-electron chi connectivity index (χ1n) is 9.51. The summed E-state index contributed by atoms with van der Waals surface area (Å²) in [5, 5.41) is 3.42. The fraction of sp³-hybridized carbons (Fsp3) is 0.364. The molecule has 2 amide bonds. The molecule has 1 N–H and O–H groups in total. The van der Waals surface area contributed by atoms with Crippen molar-refractivity contribution in [2.24, 2.45) is 0 Å². The number of benzene rings is 2. The zero-order valence-electron chi connectivity index (χ0n) is 16.3. The Kier molecular flexibility index (Phi) is 8.45. The molecule has 0 aliphatic carbocycles. The number of hydrogen-bond acceptors (Lipinski definition) is 2. The third kappa shape index (κ3) is 6.06. The van der Waals surface area contributed by atoms with Gasteiger partial charge in [0, 0.05) is 18.1 Å². The summed E-state index contributed by atoms with van der Waals surface area (Å²) >= 11 is 6.28. The molecule has 0 radical (unpaired) electrons. The van der Waals surface area contributed by atoms with Gasteiger partial charge in [0.1, 0.15) is 11.9 Å². The van der Waals surface area contributed by atoms with E-state index in [4.69, 9.17) is 11.6 Å². The predicted molar refractivity (Wildman–Crippen MR) is 109 cm³/mol. The molecule has 0 aliphatic rings. The lowest BCUT2D eigenvalue weighted by atomic mass is 10.1. The van der Waals surface area contributed by atoms with Crippen molar-refractivity contribution in [1.82, 2.24) is 10.2 Å². The highest BCUT2D eigenvalue weighted by Gasteiger charge is 2.28. The van der Waals surface area contributed by atoms with Gasteiger partial charge in [-0.1, -0.05) is 55.8 Å². The van der Waals surface area contributed by atoms with Gasteiger partial charge in [-0.3, -0.25) is 9.59 Å². The SMILES string of the molecule is CCCNC(=O)[C@H](CC)N(Cc1ccccc1Cl)C(=O)Cc1ccc(F)cc1. The Morgan fingerprint density at radius 1 is 1.11 bits per heavy atom. The second kappa shape index (κ2) is 10.8. The summed E-state index contributed by atoms with van der Waals surface area (Å²) in [6.07, 6.45) is 1.38. The number of hydrogen-bond donors (Lipinski definition) is 1. The summed E-state index contributed by atoms with van der Waals surface area (Å²) in [5.74, 6) is -0.733. The first-order valence-corrected chi connectivity index (χ1v) is 9.89. The van der Waals surface area contributed by atoms with Gasteiger partial charge in [-0.2, -0.15) is 0 Å². The standard InChI is InChI=1S/C22H26ClFN2O2/c1-3-13-25-22(28)20(4-2)26(15-17-7-5-6-8-19(17)23)21(27)14-16-9-11-18(24)12-10-16/h5-12,20H,3-4,13-15H2,1-2H3,(H,25,28)/t20-/m0/s1. The monoisotopic (exact) mass is 404 g/mol. The Morgan fingerprint density at radius 3 is 2.39 bits per heavy atom.